The molecule has 6 nitrogen and oxygen atoms in total. The zero-order chi connectivity index (χ0) is 20.1. The maximum Gasteiger partial charge on any atom is 0.341 e. The molecule has 0 unspecified atom stereocenters. The highest BCUT2D eigenvalue weighted by Gasteiger charge is 2.28. The summed E-state index contributed by atoms with van der Waals surface area (Å²) in [6.07, 6.45) is 0.102. The van der Waals surface area contributed by atoms with Gasteiger partial charge in [-0.2, -0.15) is 0 Å². The summed E-state index contributed by atoms with van der Waals surface area (Å²) in [6.45, 7) is 7.96. The Bertz CT molecular complexity index is 821. The largest absolute Gasteiger partial charge is 0.462 e. The zero-order valence-corrected chi connectivity index (χ0v) is 17.3. The molecule has 0 saturated carbocycles. The smallest absolute Gasteiger partial charge is 0.341 e. The number of anilines is 1. The Morgan fingerprint density at radius 1 is 1.36 bits per heavy atom. The molecule has 3 rings (SSSR count). The highest BCUT2D eigenvalue weighted by Crippen LogP contribution is 2.36. The fraction of sp³-hybridized carbons (Fsp3) is 0.429. The Balaban J connectivity index is 1.82. The molecule has 0 aliphatic carbocycles. The molecule has 1 aliphatic heterocycles. The molecule has 1 aromatic carbocycles. The Morgan fingerprint density at radius 2 is 2.11 bits per heavy atom. The summed E-state index contributed by atoms with van der Waals surface area (Å²) < 4.78 is 10.7. The summed E-state index contributed by atoms with van der Waals surface area (Å²) in [7, 11) is 0. The van der Waals surface area contributed by atoms with E-state index >= 15 is 0 Å². The highest BCUT2D eigenvalue weighted by molar-refractivity contribution is 7.20. The van der Waals surface area contributed by atoms with Crippen LogP contribution in [0.1, 0.15) is 31.1 Å². The number of carbonyl (C=O) groups excluding carboxylic acids is 2. The molecule has 2 heterocycles. The molecule has 1 N–H and O–H groups in total. The molecule has 28 heavy (non-hydrogen) atoms. The van der Waals surface area contributed by atoms with Gasteiger partial charge in [-0.3, -0.25) is 9.69 Å². The van der Waals surface area contributed by atoms with Gasteiger partial charge in [0.05, 0.1) is 30.9 Å². The van der Waals surface area contributed by atoms with Crippen molar-refractivity contribution in [1.82, 2.24) is 4.90 Å². The van der Waals surface area contributed by atoms with Crippen LogP contribution in [0.3, 0.4) is 0 Å². The fourth-order valence-corrected chi connectivity index (χ4v) is 4.22. The Morgan fingerprint density at radius 3 is 2.79 bits per heavy atom. The second-order valence-electron chi connectivity index (χ2n) is 6.78. The molecule has 1 saturated heterocycles. The third-order valence-corrected chi connectivity index (χ3v) is 5.82. The van der Waals surface area contributed by atoms with E-state index in [0.717, 1.165) is 10.4 Å². The third-order valence-electron chi connectivity index (χ3n) is 4.72. The predicted molar refractivity (Wildman–Crippen MR) is 111 cm³/mol. The number of benzene rings is 1. The molecule has 7 heteroatoms. The van der Waals surface area contributed by atoms with E-state index < -0.39 is 5.97 Å². The number of nitrogens with one attached hydrogen (secondary N) is 1. The van der Waals surface area contributed by atoms with Crippen LogP contribution in [0.4, 0.5) is 5.00 Å². The van der Waals surface area contributed by atoms with E-state index in [0.29, 0.717) is 30.3 Å². The topological polar surface area (TPSA) is 67.9 Å². The van der Waals surface area contributed by atoms with Gasteiger partial charge in [0.1, 0.15) is 5.00 Å². The average molecular weight is 403 g/mol. The highest BCUT2D eigenvalue weighted by atomic mass is 32.1. The van der Waals surface area contributed by atoms with E-state index in [4.69, 9.17) is 9.47 Å². The molecule has 0 bridgehead atoms. The summed E-state index contributed by atoms with van der Waals surface area (Å²) in [4.78, 5) is 28.3. The molecule has 1 aliphatic rings. The number of ether oxygens (including phenoxy) is 2. The van der Waals surface area contributed by atoms with Gasteiger partial charge >= 0.3 is 5.97 Å². The molecule has 1 aromatic heterocycles. The van der Waals surface area contributed by atoms with Gasteiger partial charge in [0.15, 0.2) is 0 Å². The van der Waals surface area contributed by atoms with E-state index in [1.165, 1.54) is 11.3 Å². The van der Waals surface area contributed by atoms with Gasteiger partial charge in [-0.05, 0) is 32.4 Å². The summed E-state index contributed by atoms with van der Waals surface area (Å²) in [5.74, 6) is -0.565. The number of hydrogen-bond donors (Lipinski definition) is 1. The number of amides is 1. The number of esters is 1. The van der Waals surface area contributed by atoms with Crippen LogP contribution < -0.4 is 5.32 Å². The van der Waals surface area contributed by atoms with Crippen molar-refractivity contribution in [2.75, 3.05) is 31.6 Å². The summed E-state index contributed by atoms with van der Waals surface area (Å²) in [5, 5.41) is 3.47. The molecule has 0 spiro atoms. The van der Waals surface area contributed by atoms with Crippen LogP contribution in [0.2, 0.25) is 0 Å². The Labute approximate surface area is 169 Å². The average Bonchev–Trinajstić information content (AvgIpc) is 3.12. The Hall–Kier alpha value is -2.22. The molecule has 2 atom stereocenters. The maximum atomic E-state index is 12.9. The van der Waals surface area contributed by atoms with Gasteiger partial charge in [-0.15, -0.1) is 11.3 Å². The molecule has 1 amide bonds. The van der Waals surface area contributed by atoms with Gasteiger partial charge < -0.3 is 14.8 Å². The van der Waals surface area contributed by atoms with Crippen molar-refractivity contribution >= 4 is 28.2 Å². The predicted octanol–water partition coefficient (Wildman–Crippen LogP) is 3.64. The van der Waals surface area contributed by atoms with Gasteiger partial charge in [0.25, 0.3) is 0 Å². The van der Waals surface area contributed by atoms with E-state index in [1.807, 2.05) is 44.2 Å². The summed E-state index contributed by atoms with van der Waals surface area (Å²) in [6, 6.07) is 11.3. The minimum atomic E-state index is -0.427. The molecule has 2 aromatic rings. The monoisotopic (exact) mass is 402 g/mol. The van der Waals surface area contributed by atoms with Crippen LogP contribution in [-0.2, 0) is 14.3 Å². The fourth-order valence-electron chi connectivity index (χ4n) is 3.17. The lowest BCUT2D eigenvalue weighted by Crippen LogP contribution is -2.50. The third kappa shape index (κ3) is 4.79. The molecule has 150 valence electrons. The Kier molecular flexibility index (Phi) is 6.83. The van der Waals surface area contributed by atoms with Crippen molar-refractivity contribution in [3.63, 3.8) is 0 Å². The number of thiophene rings is 1. The number of rotatable bonds is 6. The number of carbonyl (C=O) groups is 2. The lowest BCUT2D eigenvalue weighted by molar-refractivity contribution is -0.123. The van der Waals surface area contributed by atoms with Gasteiger partial charge in [0, 0.05) is 18.0 Å². The minimum Gasteiger partial charge on any atom is -0.462 e. The lowest BCUT2D eigenvalue weighted by Gasteiger charge is -2.34. The van der Waals surface area contributed by atoms with E-state index in [1.54, 1.807) is 13.0 Å². The van der Waals surface area contributed by atoms with Gasteiger partial charge in [-0.25, -0.2) is 4.79 Å². The second kappa shape index (κ2) is 9.32. The molecule has 1 fully saturated rings. The first-order valence-electron chi connectivity index (χ1n) is 9.52. The SMILES string of the molecule is CCOC(=O)c1cc(-c2ccccc2)sc1NC(=O)[C@@H](C)N1CCO[C@H](C)C1. The number of morpholine rings is 1. The molecule has 0 radical (unpaired) electrons. The van der Waals surface area contributed by atoms with Crippen molar-refractivity contribution in [1.29, 1.82) is 0 Å². The lowest BCUT2D eigenvalue weighted by atomic mass is 10.1. The normalized spacial score (nSPS) is 18.5. The van der Waals surface area contributed by atoms with Crippen molar-refractivity contribution in [3.05, 3.63) is 42.0 Å². The van der Waals surface area contributed by atoms with Gasteiger partial charge in [0.2, 0.25) is 5.91 Å². The quantitative estimate of drug-likeness (QED) is 0.747. The van der Waals surface area contributed by atoms with Crippen LogP contribution in [0.5, 0.6) is 0 Å². The summed E-state index contributed by atoms with van der Waals surface area (Å²) in [5.41, 5.74) is 1.38. The van der Waals surface area contributed by atoms with E-state index in [2.05, 4.69) is 10.2 Å². The maximum absolute atomic E-state index is 12.9. The standard InChI is InChI=1S/C21H26N2O4S/c1-4-26-21(25)17-12-18(16-8-6-5-7-9-16)28-20(17)22-19(24)15(3)23-10-11-27-14(2)13-23/h5-9,12,14-15H,4,10-11,13H2,1-3H3,(H,22,24)/t14-,15-/m1/s1. The van der Waals surface area contributed by atoms with Crippen LogP contribution in [0, 0.1) is 0 Å². The van der Waals surface area contributed by atoms with E-state index in [-0.39, 0.29) is 24.7 Å². The summed E-state index contributed by atoms with van der Waals surface area (Å²) >= 11 is 1.38. The first-order chi connectivity index (χ1) is 13.5. The van der Waals surface area contributed by atoms with Crippen LogP contribution in [0.15, 0.2) is 36.4 Å². The second-order valence-corrected chi connectivity index (χ2v) is 7.83. The first kappa shape index (κ1) is 20.5. The minimum absolute atomic E-state index is 0.102. The molecular weight excluding hydrogens is 376 g/mol. The van der Waals surface area contributed by atoms with Crippen LogP contribution >= 0.6 is 11.3 Å². The van der Waals surface area contributed by atoms with Crippen molar-refractivity contribution in [3.8, 4) is 10.4 Å². The van der Waals surface area contributed by atoms with Crippen LogP contribution in [0.25, 0.3) is 10.4 Å². The molecular formula is C21H26N2O4S. The first-order valence-corrected chi connectivity index (χ1v) is 10.3. The van der Waals surface area contributed by atoms with Gasteiger partial charge in [-0.1, -0.05) is 30.3 Å². The number of hydrogen-bond acceptors (Lipinski definition) is 6. The zero-order valence-electron chi connectivity index (χ0n) is 16.4. The number of nitrogens with zero attached hydrogens (tertiary/aromatic N) is 1. The van der Waals surface area contributed by atoms with Crippen molar-refractivity contribution in [2.45, 2.75) is 32.9 Å². The van der Waals surface area contributed by atoms with E-state index in [9.17, 15) is 9.59 Å². The van der Waals surface area contributed by atoms with Crippen molar-refractivity contribution < 1.29 is 19.1 Å². The van der Waals surface area contributed by atoms with Crippen LogP contribution in [-0.4, -0.2) is 55.2 Å². The van der Waals surface area contributed by atoms with Crippen molar-refractivity contribution in [2.24, 2.45) is 0 Å².